The molecule has 2 aromatic rings. The topological polar surface area (TPSA) is 24.9 Å². The second-order valence-corrected chi connectivity index (χ2v) is 5.11. The molecule has 20 heavy (non-hydrogen) atoms. The number of rotatable bonds is 6. The molecular weight excluding hydrogens is 275 g/mol. The molecule has 1 atom stereocenters. The summed E-state index contributed by atoms with van der Waals surface area (Å²) in [6.07, 6.45) is 4.51. The minimum atomic E-state index is -0.284. The van der Waals surface area contributed by atoms with Crippen molar-refractivity contribution in [2.24, 2.45) is 0 Å². The first kappa shape index (κ1) is 14.9. The minimum absolute atomic E-state index is 0.0992. The van der Waals surface area contributed by atoms with Crippen molar-refractivity contribution in [3.05, 3.63) is 64.7 Å². The standard InChI is InChI=1S/C16H18ClFN2/c1-2-8-20-16(13-7-9-19-11-15(13)18)10-12-5-3-4-6-14(12)17/h3-7,9,11,16,20H,2,8,10H2,1H3. The van der Waals surface area contributed by atoms with Crippen molar-refractivity contribution >= 4 is 11.6 Å². The molecule has 2 nitrogen and oxygen atoms in total. The zero-order chi connectivity index (χ0) is 14.4. The van der Waals surface area contributed by atoms with E-state index >= 15 is 0 Å². The molecule has 1 N–H and O–H groups in total. The molecule has 0 bridgehead atoms. The van der Waals surface area contributed by atoms with E-state index in [1.807, 2.05) is 24.3 Å². The van der Waals surface area contributed by atoms with Crippen LogP contribution in [0, 0.1) is 5.82 Å². The van der Waals surface area contributed by atoms with Crippen LogP contribution in [0.3, 0.4) is 0 Å². The van der Waals surface area contributed by atoms with Gasteiger partial charge in [-0.15, -0.1) is 0 Å². The van der Waals surface area contributed by atoms with Gasteiger partial charge in [0.05, 0.1) is 6.20 Å². The maximum atomic E-state index is 13.9. The van der Waals surface area contributed by atoms with Crippen LogP contribution in [-0.2, 0) is 6.42 Å². The molecule has 0 saturated carbocycles. The Morgan fingerprint density at radius 1 is 1.30 bits per heavy atom. The predicted octanol–water partition coefficient (Wildman–Crippen LogP) is 4.16. The lowest BCUT2D eigenvalue weighted by Crippen LogP contribution is -2.25. The van der Waals surface area contributed by atoms with Gasteiger partial charge in [0.1, 0.15) is 5.82 Å². The SMILES string of the molecule is CCCNC(Cc1ccccc1Cl)c1ccncc1F. The number of nitrogens with zero attached hydrogens (tertiary/aromatic N) is 1. The molecule has 1 heterocycles. The average Bonchev–Trinajstić information content (AvgIpc) is 2.46. The van der Waals surface area contributed by atoms with Crippen LogP contribution in [0.2, 0.25) is 5.02 Å². The molecule has 0 saturated heterocycles. The lowest BCUT2D eigenvalue weighted by atomic mass is 9.99. The van der Waals surface area contributed by atoms with Crippen LogP contribution in [-0.4, -0.2) is 11.5 Å². The smallest absolute Gasteiger partial charge is 0.146 e. The van der Waals surface area contributed by atoms with Crippen molar-refractivity contribution in [1.29, 1.82) is 0 Å². The van der Waals surface area contributed by atoms with Crippen LogP contribution in [0.15, 0.2) is 42.7 Å². The van der Waals surface area contributed by atoms with Crippen LogP contribution in [0.4, 0.5) is 4.39 Å². The summed E-state index contributed by atoms with van der Waals surface area (Å²) in [6.45, 7) is 2.92. The predicted molar refractivity (Wildman–Crippen MR) is 80.4 cm³/mol. The zero-order valence-corrected chi connectivity index (χ0v) is 12.2. The van der Waals surface area contributed by atoms with Gasteiger partial charge in [-0.2, -0.15) is 0 Å². The Balaban J connectivity index is 2.24. The Bertz CT molecular complexity index is 560. The van der Waals surface area contributed by atoms with E-state index in [1.165, 1.54) is 6.20 Å². The van der Waals surface area contributed by atoms with Gasteiger partial charge in [-0.1, -0.05) is 36.7 Å². The molecule has 0 aliphatic heterocycles. The van der Waals surface area contributed by atoms with Crippen molar-refractivity contribution in [3.63, 3.8) is 0 Å². The molecule has 106 valence electrons. The van der Waals surface area contributed by atoms with E-state index in [1.54, 1.807) is 12.3 Å². The van der Waals surface area contributed by atoms with Crippen molar-refractivity contribution in [2.75, 3.05) is 6.54 Å². The molecule has 1 unspecified atom stereocenters. The highest BCUT2D eigenvalue weighted by Crippen LogP contribution is 2.24. The van der Waals surface area contributed by atoms with Crippen LogP contribution in [0.25, 0.3) is 0 Å². The number of aromatic nitrogens is 1. The molecule has 0 aliphatic rings. The third kappa shape index (κ3) is 3.78. The number of hydrogen-bond donors (Lipinski definition) is 1. The Kier molecular flexibility index (Phi) is 5.50. The van der Waals surface area contributed by atoms with E-state index in [0.717, 1.165) is 18.5 Å². The highest BCUT2D eigenvalue weighted by Gasteiger charge is 2.16. The van der Waals surface area contributed by atoms with E-state index in [4.69, 9.17) is 11.6 Å². The fourth-order valence-corrected chi connectivity index (χ4v) is 2.38. The second kappa shape index (κ2) is 7.36. The fraction of sp³-hybridized carbons (Fsp3) is 0.312. The summed E-state index contributed by atoms with van der Waals surface area (Å²) < 4.78 is 13.9. The van der Waals surface area contributed by atoms with Crippen LogP contribution in [0.5, 0.6) is 0 Å². The molecule has 0 aliphatic carbocycles. The average molecular weight is 293 g/mol. The molecule has 0 spiro atoms. The molecule has 0 radical (unpaired) electrons. The van der Waals surface area contributed by atoms with Crippen LogP contribution >= 0.6 is 11.6 Å². The monoisotopic (exact) mass is 292 g/mol. The van der Waals surface area contributed by atoms with Crippen molar-refractivity contribution in [1.82, 2.24) is 10.3 Å². The molecule has 4 heteroatoms. The van der Waals surface area contributed by atoms with Crippen molar-refractivity contribution in [2.45, 2.75) is 25.8 Å². The van der Waals surface area contributed by atoms with E-state index in [0.29, 0.717) is 17.0 Å². The van der Waals surface area contributed by atoms with Gasteiger partial charge in [0.15, 0.2) is 0 Å². The number of hydrogen-bond acceptors (Lipinski definition) is 2. The van der Waals surface area contributed by atoms with Gasteiger partial charge >= 0.3 is 0 Å². The molecular formula is C16H18ClFN2. The lowest BCUT2D eigenvalue weighted by Gasteiger charge is -2.20. The van der Waals surface area contributed by atoms with E-state index in [9.17, 15) is 4.39 Å². The van der Waals surface area contributed by atoms with Gasteiger partial charge in [-0.05, 0) is 37.1 Å². The van der Waals surface area contributed by atoms with Gasteiger partial charge in [0.25, 0.3) is 0 Å². The summed E-state index contributed by atoms with van der Waals surface area (Å²) in [5, 5.41) is 4.09. The molecule has 1 aromatic carbocycles. The maximum Gasteiger partial charge on any atom is 0.146 e. The van der Waals surface area contributed by atoms with Crippen LogP contribution < -0.4 is 5.32 Å². The number of halogens is 2. The molecule has 1 aromatic heterocycles. The number of benzene rings is 1. The summed E-state index contributed by atoms with van der Waals surface area (Å²) >= 11 is 6.20. The summed E-state index contributed by atoms with van der Waals surface area (Å²) in [7, 11) is 0. The Labute approximate surface area is 124 Å². The third-order valence-corrected chi connectivity index (χ3v) is 3.57. The molecule has 2 rings (SSSR count). The summed E-state index contributed by atoms with van der Waals surface area (Å²) in [6, 6.07) is 9.30. The van der Waals surface area contributed by atoms with E-state index in [2.05, 4.69) is 17.2 Å². The molecule has 0 amide bonds. The van der Waals surface area contributed by atoms with Gasteiger partial charge in [-0.3, -0.25) is 4.98 Å². The zero-order valence-electron chi connectivity index (χ0n) is 11.4. The first-order chi connectivity index (χ1) is 9.72. The van der Waals surface area contributed by atoms with E-state index in [-0.39, 0.29) is 11.9 Å². The van der Waals surface area contributed by atoms with Gasteiger partial charge in [0, 0.05) is 22.8 Å². The maximum absolute atomic E-state index is 13.9. The van der Waals surface area contributed by atoms with Gasteiger partial charge in [0.2, 0.25) is 0 Å². The Morgan fingerprint density at radius 3 is 2.80 bits per heavy atom. The normalized spacial score (nSPS) is 12.3. The quantitative estimate of drug-likeness (QED) is 0.865. The third-order valence-electron chi connectivity index (χ3n) is 3.20. The largest absolute Gasteiger partial charge is 0.310 e. The number of nitrogens with one attached hydrogen (secondary N) is 1. The Morgan fingerprint density at radius 2 is 2.10 bits per heavy atom. The number of pyridine rings is 1. The van der Waals surface area contributed by atoms with Crippen molar-refractivity contribution in [3.8, 4) is 0 Å². The van der Waals surface area contributed by atoms with Crippen LogP contribution in [0.1, 0.15) is 30.5 Å². The van der Waals surface area contributed by atoms with Gasteiger partial charge < -0.3 is 5.32 Å². The highest BCUT2D eigenvalue weighted by atomic mass is 35.5. The molecule has 0 fully saturated rings. The summed E-state index contributed by atoms with van der Waals surface area (Å²) in [5.41, 5.74) is 1.65. The minimum Gasteiger partial charge on any atom is -0.310 e. The first-order valence-corrected chi connectivity index (χ1v) is 7.16. The van der Waals surface area contributed by atoms with Crippen molar-refractivity contribution < 1.29 is 4.39 Å². The summed E-state index contributed by atoms with van der Waals surface area (Å²) in [5.74, 6) is -0.284. The fourth-order valence-electron chi connectivity index (χ4n) is 2.16. The van der Waals surface area contributed by atoms with E-state index < -0.39 is 0 Å². The Hall–Kier alpha value is -1.45. The second-order valence-electron chi connectivity index (χ2n) is 4.70. The first-order valence-electron chi connectivity index (χ1n) is 6.78. The highest BCUT2D eigenvalue weighted by molar-refractivity contribution is 6.31. The van der Waals surface area contributed by atoms with Gasteiger partial charge in [-0.25, -0.2) is 4.39 Å². The summed E-state index contributed by atoms with van der Waals surface area (Å²) in [4.78, 5) is 3.80. The lowest BCUT2D eigenvalue weighted by molar-refractivity contribution is 0.495.